The van der Waals surface area contributed by atoms with E-state index < -0.39 is 36.0 Å². The molecule has 10 heteroatoms. The molecule has 1 N–H and O–H groups in total. The molecule has 0 amide bonds. The molecule has 1 radical (unpaired) electrons. The number of Topliss-reactive ketones (excluding diaryl/α,β-unsaturated/α-hetero) is 1. The summed E-state index contributed by atoms with van der Waals surface area (Å²) in [4.78, 5) is 22.9. The molecular weight excluding hydrogens is 716 g/mol. The molecule has 6 rings (SSSR count). The first-order valence-electron chi connectivity index (χ1n) is 12.7. The fourth-order valence-corrected chi connectivity index (χ4v) is 7.24. The molecule has 0 spiro atoms. The second kappa shape index (κ2) is 13.5. The minimum atomic E-state index is -5.28. The summed E-state index contributed by atoms with van der Waals surface area (Å²) in [5.41, 5.74) is -3.03. The molecule has 6 aromatic rings. The number of hydrogen-bond donors (Lipinski definition) is 1. The summed E-state index contributed by atoms with van der Waals surface area (Å²) in [6.45, 7) is 0. The zero-order valence-corrected chi connectivity index (χ0v) is 25.5. The van der Waals surface area contributed by atoms with Crippen LogP contribution in [0.15, 0.2) is 137 Å². The largest absolute Gasteiger partial charge is 0.506 e. The van der Waals surface area contributed by atoms with Gasteiger partial charge in [0.15, 0.2) is 12.7 Å². The van der Waals surface area contributed by atoms with Gasteiger partial charge in [0.1, 0.15) is 11.3 Å². The SMILES string of the molecule is O=C(c1c(O)c2cc3ccccc3cc2oc1=O)C(F)(F)F.O=P(c1ccccc1)(c1ccccc1)c1ccccc1.[Eu]. The van der Waals surface area contributed by atoms with E-state index in [0.29, 0.717) is 10.8 Å². The van der Waals surface area contributed by atoms with Crippen LogP contribution >= 0.6 is 7.14 Å². The van der Waals surface area contributed by atoms with Crippen molar-refractivity contribution in [3.8, 4) is 5.75 Å². The Kier molecular flexibility index (Phi) is 10.2. The molecule has 0 bridgehead atoms. The van der Waals surface area contributed by atoms with Crippen LogP contribution in [0.5, 0.6) is 5.75 Å². The molecule has 0 fully saturated rings. The number of hydrogen-bond acceptors (Lipinski definition) is 5. The predicted octanol–water partition coefficient (Wildman–Crippen LogP) is 6.72. The van der Waals surface area contributed by atoms with Crippen LogP contribution in [-0.4, -0.2) is 17.1 Å². The van der Waals surface area contributed by atoms with Crippen molar-refractivity contribution in [2.45, 2.75) is 6.18 Å². The fraction of sp³-hybridized carbons (Fsp3) is 0.0303. The summed E-state index contributed by atoms with van der Waals surface area (Å²) < 4.78 is 56.1. The van der Waals surface area contributed by atoms with Gasteiger partial charge in [0.2, 0.25) is 0 Å². The van der Waals surface area contributed by atoms with Crippen molar-refractivity contribution in [1.82, 2.24) is 0 Å². The van der Waals surface area contributed by atoms with Crippen LogP contribution < -0.4 is 21.5 Å². The van der Waals surface area contributed by atoms with E-state index in [1.807, 2.05) is 91.0 Å². The third kappa shape index (κ3) is 6.76. The average molecular weight is 738 g/mol. The third-order valence-corrected chi connectivity index (χ3v) is 9.67. The smallest absolute Gasteiger partial charge is 0.455 e. The predicted molar refractivity (Wildman–Crippen MR) is 158 cm³/mol. The van der Waals surface area contributed by atoms with E-state index in [9.17, 15) is 32.4 Å². The van der Waals surface area contributed by atoms with Gasteiger partial charge in [-0.3, -0.25) is 4.79 Å². The van der Waals surface area contributed by atoms with Gasteiger partial charge >= 0.3 is 11.8 Å². The molecule has 0 aliphatic heterocycles. The van der Waals surface area contributed by atoms with Gasteiger partial charge in [-0.15, -0.1) is 0 Å². The summed E-state index contributed by atoms with van der Waals surface area (Å²) in [6, 6.07) is 38.7. The van der Waals surface area contributed by atoms with Gasteiger partial charge in [0, 0.05) is 65.3 Å². The van der Waals surface area contributed by atoms with Crippen LogP contribution in [-0.2, 0) is 4.57 Å². The monoisotopic (exact) mass is 739 g/mol. The van der Waals surface area contributed by atoms with Crippen molar-refractivity contribution >= 4 is 50.6 Å². The standard InChI is InChI=1S/C18H15OP.C15H7F3O4.Eu/c19-20(16-10-4-1-5-11-16,17-12-6-2-7-13-17)18-14-8-3-9-15-18;16-15(17,18)13(20)11-12(19)9-5-7-3-1-2-4-8(7)6-10(9)22-14(11)21;/h1-15H;1-6,19H;. The van der Waals surface area contributed by atoms with Crippen molar-refractivity contribution < 1.29 is 81.4 Å². The number of carbonyl (C=O) groups is 1. The van der Waals surface area contributed by atoms with Crippen molar-refractivity contribution in [3.05, 3.63) is 143 Å². The quantitative estimate of drug-likeness (QED) is 0.0941. The number of benzene rings is 5. The number of halogens is 3. The molecule has 1 heterocycles. The first-order valence-corrected chi connectivity index (χ1v) is 14.4. The third-order valence-electron chi connectivity index (χ3n) is 6.59. The van der Waals surface area contributed by atoms with Crippen LogP contribution in [0.3, 0.4) is 0 Å². The van der Waals surface area contributed by atoms with Crippen LogP contribution in [0.25, 0.3) is 21.7 Å². The van der Waals surface area contributed by atoms with Crippen LogP contribution in [0, 0.1) is 49.4 Å². The van der Waals surface area contributed by atoms with Crippen molar-refractivity contribution in [2.24, 2.45) is 0 Å². The van der Waals surface area contributed by atoms with E-state index in [1.54, 1.807) is 24.3 Å². The first-order chi connectivity index (χ1) is 20.1. The molecule has 0 saturated heterocycles. The average Bonchev–Trinajstić information content (AvgIpc) is 3.01. The molecule has 0 aliphatic carbocycles. The van der Waals surface area contributed by atoms with Crippen molar-refractivity contribution in [3.63, 3.8) is 0 Å². The van der Waals surface area contributed by atoms with Crippen LogP contribution in [0.4, 0.5) is 13.2 Å². The maximum atomic E-state index is 13.8. The maximum Gasteiger partial charge on any atom is 0.455 e. The zero-order chi connectivity index (χ0) is 29.9. The van der Waals surface area contributed by atoms with Gasteiger partial charge in [-0.2, -0.15) is 13.2 Å². The summed E-state index contributed by atoms with van der Waals surface area (Å²) in [6.07, 6.45) is -5.28. The maximum absolute atomic E-state index is 13.8. The Hall–Kier alpha value is -3.36. The summed E-state index contributed by atoms with van der Waals surface area (Å²) >= 11 is 0. The molecule has 43 heavy (non-hydrogen) atoms. The summed E-state index contributed by atoms with van der Waals surface area (Å²) in [7, 11) is -2.78. The van der Waals surface area contributed by atoms with Gasteiger partial charge in [0.05, 0.1) is 5.39 Å². The fourth-order valence-electron chi connectivity index (χ4n) is 4.57. The first kappa shape index (κ1) is 32.6. The Morgan fingerprint density at radius 3 is 1.49 bits per heavy atom. The second-order valence-corrected chi connectivity index (χ2v) is 12.0. The van der Waals surface area contributed by atoms with Crippen LogP contribution in [0.2, 0.25) is 0 Å². The number of rotatable bonds is 4. The second-order valence-electron chi connectivity index (χ2n) is 9.25. The molecule has 0 atom stereocenters. The molecule has 5 nitrogen and oxygen atoms in total. The minimum absolute atomic E-state index is 0. The minimum Gasteiger partial charge on any atom is -0.506 e. The van der Waals surface area contributed by atoms with Gasteiger partial charge in [-0.05, 0) is 22.9 Å². The van der Waals surface area contributed by atoms with Gasteiger partial charge in [-0.1, -0.05) is 115 Å². The van der Waals surface area contributed by atoms with Crippen molar-refractivity contribution in [1.29, 1.82) is 0 Å². The van der Waals surface area contributed by atoms with E-state index in [-0.39, 0.29) is 60.3 Å². The number of ketones is 1. The number of aromatic hydroxyl groups is 1. The van der Waals surface area contributed by atoms with E-state index >= 15 is 0 Å². The number of alkyl halides is 3. The molecule has 5 aromatic carbocycles. The molecule has 0 saturated carbocycles. The Bertz CT molecular complexity index is 1890. The molecular formula is C33H22EuF3O5P. The van der Waals surface area contributed by atoms with Crippen molar-refractivity contribution in [2.75, 3.05) is 0 Å². The van der Waals surface area contributed by atoms with E-state index in [0.717, 1.165) is 15.9 Å². The molecule has 217 valence electrons. The zero-order valence-electron chi connectivity index (χ0n) is 22.2. The normalized spacial score (nSPS) is 11.3. The van der Waals surface area contributed by atoms with Gasteiger partial charge < -0.3 is 14.1 Å². The molecule has 0 unspecified atom stereocenters. The van der Waals surface area contributed by atoms with Gasteiger partial charge in [-0.25, -0.2) is 4.79 Å². The number of fused-ring (bicyclic) bond motifs is 2. The number of carbonyl (C=O) groups excluding carboxylic acids is 1. The van der Waals surface area contributed by atoms with E-state index in [4.69, 9.17) is 4.42 Å². The Morgan fingerprint density at radius 2 is 1.07 bits per heavy atom. The summed E-state index contributed by atoms with van der Waals surface area (Å²) in [5, 5.41) is 13.7. The Labute approximate surface area is 284 Å². The molecule has 1 aromatic heterocycles. The van der Waals surface area contributed by atoms with E-state index in [2.05, 4.69) is 0 Å². The van der Waals surface area contributed by atoms with E-state index in [1.165, 1.54) is 12.1 Å². The topological polar surface area (TPSA) is 84.6 Å². The Balaban J connectivity index is 0.000000193. The Morgan fingerprint density at radius 1 is 0.674 bits per heavy atom. The summed E-state index contributed by atoms with van der Waals surface area (Å²) in [5.74, 6) is -3.46. The van der Waals surface area contributed by atoms with Gasteiger partial charge in [0.25, 0.3) is 5.78 Å². The molecule has 0 aliphatic rings. The van der Waals surface area contributed by atoms with Crippen LogP contribution in [0.1, 0.15) is 10.4 Å².